The predicted octanol–water partition coefficient (Wildman–Crippen LogP) is 19.1. The van der Waals surface area contributed by atoms with Crippen LogP contribution in [0.2, 0.25) is 0 Å². The molecule has 70 heavy (non-hydrogen) atoms. The van der Waals surface area contributed by atoms with Crippen molar-refractivity contribution in [2.45, 2.75) is 0 Å². The number of fused-ring (bicyclic) bond motifs is 6. The van der Waals surface area contributed by atoms with Crippen molar-refractivity contribution in [1.29, 1.82) is 0 Å². The van der Waals surface area contributed by atoms with Gasteiger partial charge in [0.15, 0.2) is 0 Å². The zero-order valence-corrected chi connectivity index (χ0v) is 38.2. The van der Waals surface area contributed by atoms with Crippen LogP contribution in [0.15, 0.2) is 277 Å². The Bertz CT molecular complexity index is 3870. The van der Waals surface area contributed by atoms with E-state index in [1.54, 1.807) is 0 Å². The van der Waals surface area contributed by atoms with E-state index in [1.165, 1.54) is 10.8 Å². The van der Waals surface area contributed by atoms with Crippen LogP contribution in [-0.2, 0) is 0 Å². The highest BCUT2D eigenvalue weighted by Crippen LogP contribution is 2.49. The van der Waals surface area contributed by atoms with Gasteiger partial charge in [-0.1, -0.05) is 194 Å². The largest absolute Gasteiger partial charge is 0.455 e. The normalized spacial score (nSPS) is 11.4. The molecule has 4 heteroatoms. The molecule has 0 saturated heterocycles. The Balaban J connectivity index is 1.09. The van der Waals surface area contributed by atoms with E-state index < -0.39 is 0 Å². The van der Waals surface area contributed by atoms with Gasteiger partial charge >= 0.3 is 0 Å². The number of anilines is 9. The molecule has 0 radical (unpaired) electrons. The van der Waals surface area contributed by atoms with Crippen LogP contribution in [0.1, 0.15) is 0 Å². The summed E-state index contributed by atoms with van der Waals surface area (Å²) in [5.74, 6) is 0. The molecule has 0 N–H and O–H groups in total. The highest BCUT2D eigenvalue weighted by atomic mass is 16.3. The lowest BCUT2D eigenvalue weighted by molar-refractivity contribution is 0.670. The summed E-state index contributed by atoms with van der Waals surface area (Å²) in [7, 11) is 0. The van der Waals surface area contributed by atoms with Crippen molar-refractivity contribution < 1.29 is 4.42 Å². The van der Waals surface area contributed by atoms with Crippen LogP contribution in [0.4, 0.5) is 51.2 Å². The topological polar surface area (TPSA) is 22.9 Å². The summed E-state index contributed by atoms with van der Waals surface area (Å²) >= 11 is 0. The maximum Gasteiger partial charge on any atom is 0.143 e. The van der Waals surface area contributed by atoms with Crippen LogP contribution in [0.3, 0.4) is 0 Å². The first kappa shape index (κ1) is 40.9. The van der Waals surface area contributed by atoms with Crippen LogP contribution >= 0.6 is 0 Å². The molecule has 330 valence electrons. The number of benzene rings is 12. The minimum Gasteiger partial charge on any atom is -0.455 e. The van der Waals surface area contributed by atoms with E-state index in [1.807, 2.05) is 12.1 Å². The van der Waals surface area contributed by atoms with Crippen molar-refractivity contribution in [3.05, 3.63) is 273 Å². The summed E-state index contributed by atoms with van der Waals surface area (Å²) in [4.78, 5) is 7.26. The van der Waals surface area contributed by atoms with E-state index in [4.69, 9.17) is 4.42 Å². The predicted molar refractivity (Wildman–Crippen MR) is 296 cm³/mol. The molecule has 0 amide bonds. The van der Waals surface area contributed by atoms with Crippen LogP contribution in [-0.4, -0.2) is 0 Å². The van der Waals surface area contributed by atoms with Gasteiger partial charge in [0.05, 0.1) is 34.1 Å². The molecular weight excluding hydrogens is 851 g/mol. The molecule has 0 aliphatic heterocycles. The molecule has 0 fully saturated rings. The van der Waals surface area contributed by atoms with Gasteiger partial charge in [-0.05, 0) is 101 Å². The first-order chi connectivity index (χ1) is 34.7. The fourth-order valence-corrected chi connectivity index (χ4v) is 10.4. The van der Waals surface area contributed by atoms with Crippen LogP contribution in [0.25, 0.3) is 65.4 Å². The molecule has 0 saturated carbocycles. The number of rotatable bonds is 10. The van der Waals surface area contributed by atoms with Gasteiger partial charge < -0.3 is 19.1 Å². The summed E-state index contributed by atoms with van der Waals surface area (Å²) in [5, 5.41) is 9.22. The van der Waals surface area contributed by atoms with Gasteiger partial charge in [-0.2, -0.15) is 0 Å². The Morgan fingerprint density at radius 3 is 1.07 bits per heavy atom. The van der Waals surface area contributed by atoms with Gasteiger partial charge in [0.1, 0.15) is 11.2 Å². The third kappa shape index (κ3) is 7.18. The summed E-state index contributed by atoms with van der Waals surface area (Å²) in [6.45, 7) is 0. The van der Waals surface area contributed by atoms with E-state index in [9.17, 15) is 0 Å². The van der Waals surface area contributed by atoms with Crippen molar-refractivity contribution in [1.82, 2.24) is 0 Å². The van der Waals surface area contributed by atoms with E-state index >= 15 is 0 Å². The highest BCUT2D eigenvalue weighted by Gasteiger charge is 2.25. The van der Waals surface area contributed by atoms with E-state index in [0.717, 1.165) is 106 Å². The minimum atomic E-state index is 0.889. The third-order valence-electron chi connectivity index (χ3n) is 13.6. The van der Waals surface area contributed by atoms with Crippen LogP contribution < -0.4 is 14.7 Å². The lowest BCUT2D eigenvalue weighted by atomic mass is 10.0. The average Bonchev–Trinajstić information content (AvgIpc) is 3.81. The maximum atomic E-state index is 6.55. The van der Waals surface area contributed by atoms with Gasteiger partial charge in [0.2, 0.25) is 0 Å². The van der Waals surface area contributed by atoms with Crippen molar-refractivity contribution in [2.75, 3.05) is 14.7 Å². The van der Waals surface area contributed by atoms with Gasteiger partial charge in [-0.25, -0.2) is 0 Å². The fourth-order valence-electron chi connectivity index (χ4n) is 10.4. The maximum absolute atomic E-state index is 6.55. The molecule has 12 aromatic carbocycles. The first-order valence-electron chi connectivity index (χ1n) is 23.8. The molecule has 0 unspecified atom stereocenters. The minimum absolute atomic E-state index is 0.889. The standard InChI is InChI=1S/C66H45N3O/c1-3-25-50(26-4-1)67(62-35-15-22-46-19-7-10-29-56(46)62)53-43-54(68(51-27-5-2-6-28-51)63-36-16-23-47-20-8-11-30-57(47)63)45-55(44-53)69(64-37-17-24-48-21-9-12-31-58(48)64)52-41-39-49(40-42-52)59-33-18-34-61-60-32-13-14-38-65(60)70-66(59)61/h1-45H. The zero-order valence-electron chi connectivity index (χ0n) is 38.2. The Labute approximate surface area is 406 Å². The van der Waals surface area contributed by atoms with Crippen molar-refractivity contribution in [3.8, 4) is 11.1 Å². The average molecular weight is 896 g/mol. The smallest absolute Gasteiger partial charge is 0.143 e. The molecule has 0 atom stereocenters. The number of hydrogen-bond donors (Lipinski definition) is 0. The van der Waals surface area contributed by atoms with Gasteiger partial charge in [-0.15, -0.1) is 0 Å². The molecule has 0 bridgehead atoms. The molecule has 13 rings (SSSR count). The van der Waals surface area contributed by atoms with Crippen LogP contribution in [0, 0.1) is 0 Å². The van der Waals surface area contributed by atoms with Gasteiger partial charge in [0.25, 0.3) is 0 Å². The molecule has 0 spiro atoms. The number of nitrogens with zero attached hydrogens (tertiary/aromatic N) is 3. The SMILES string of the molecule is c1ccc(N(c2cc(N(c3ccccc3)c3cccc4ccccc34)cc(N(c3ccc(-c4cccc5c4oc4ccccc45)cc3)c3cccc4ccccc34)c2)c2cccc3ccccc23)cc1. The zero-order chi connectivity index (χ0) is 46.4. The van der Waals surface area contributed by atoms with E-state index in [2.05, 4.69) is 276 Å². The fraction of sp³-hybridized carbons (Fsp3) is 0. The molecule has 1 aromatic heterocycles. The lowest BCUT2D eigenvalue weighted by Crippen LogP contribution is -2.16. The van der Waals surface area contributed by atoms with Crippen molar-refractivity contribution in [3.63, 3.8) is 0 Å². The molecule has 1 heterocycles. The Kier molecular flexibility index (Phi) is 10.1. The number of hydrogen-bond acceptors (Lipinski definition) is 4. The van der Waals surface area contributed by atoms with Gasteiger partial charge in [0, 0.05) is 49.6 Å². The lowest BCUT2D eigenvalue weighted by Gasteiger charge is -2.34. The van der Waals surface area contributed by atoms with Crippen molar-refractivity contribution in [2.24, 2.45) is 0 Å². The number of furan rings is 1. The summed E-state index contributed by atoms with van der Waals surface area (Å²) < 4.78 is 6.55. The Hall–Kier alpha value is -9.38. The first-order valence-corrected chi connectivity index (χ1v) is 23.8. The monoisotopic (exact) mass is 895 g/mol. The molecule has 13 aromatic rings. The number of para-hydroxylation sites is 4. The Morgan fingerprint density at radius 1 is 0.243 bits per heavy atom. The third-order valence-corrected chi connectivity index (χ3v) is 13.6. The molecule has 4 nitrogen and oxygen atoms in total. The van der Waals surface area contributed by atoms with Gasteiger partial charge in [-0.3, -0.25) is 0 Å². The second-order valence-corrected chi connectivity index (χ2v) is 17.7. The Morgan fingerprint density at radius 2 is 0.600 bits per heavy atom. The summed E-state index contributed by atoms with van der Waals surface area (Å²) in [5.41, 5.74) is 13.3. The highest BCUT2D eigenvalue weighted by molar-refractivity contribution is 6.10. The molecular formula is C66H45N3O. The van der Waals surface area contributed by atoms with Crippen LogP contribution in [0.5, 0.6) is 0 Å². The quantitative estimate of drug-likeness (QED) is 0.136. The second kappa shape index (κ2) is 17.4. The van der Waals surface area contributed by atoms with E-state index in [0.29, 0.717) is 0 Å². The molecule has 0 aliphatic carbocycles. The van der Waals surface area contributed by atoms with Crippen molar-refractivity contribution >= 4 is 105 Å². The summed E-state index contributed by atoms with van der Waals surface area (Å²) in [6.07, 6.45) is 0. The van der Waals surface area contributed by atoms with E-state index in [-0.39, 0.29) is 0 Å². The molecule has 0 aliphatic rings. The summed E-state index contributed by atoms with van der Waals surface area (Å²) in [6, 6.07) is 98.1. The second-order valence-electron chi connectivity index (χ2n) is 17.7.